The van der Waals surface area contributed by atoms with E-state index < -0.39 is 23.1 Å². The number of anilines is 1. The van der Waals surface area contributed by atoms with Crippen LogP contribution < -0.4 is 20.1 Å². The van der Waals surface area contributed by atoms with Crippen LogP contribution in [0.1, 0.15) is 24.0 Å². The summed E-state index contributed by atoms with van der Waals surface area (Å²) in [4.78, 5) is 31.5. The molecule has 2 amide bonds. The van der Waals surface area contributed by atoms with Crippen LogP contribution in [-0.2, 0) is 21.2 Å². The molecule has 2 heterocycles. The number of piperazine rings is 1. The molecule has 0 saturated carbocycles. The molecule has 2 N–H and O–H groups in total. The molecule has 2 aliphatic heterocycles. The molecule has 2 aliphatic rings. The van der Waals surface area contributed by atoms with Crippen molar-refractivity contribution in [1.29, 1.82) is 0 Å². The van der Waals surface area contributed by atoms with Gasteiger partial charge in [0.25, 0.3) is 0 Å². The van der Waals surface area contributed by atoms with Gasteiger partial charge in [0.05, 0.1) is 37.4 Å². The highest BCUT2D eigenvalue weighted by Crippen LogP contribution is 2.39. The second-order valence-electron chi connectivity index (χ2n) is 9.71. The van der Waals surface area contributed by atoms with Crippen LogP contribution in [0.3, 0.4) is 0 Å². The quantitative estimate of drug-likeness (QED) is 0.588. The third-order valence-corrected chi connectivity index (χ3v) is 7.64. The van der Waals surface area contributed by atoms with E-state index in [9.17, 15) is 22.8 Å². The topological polar surface area (TPSA) is 88.3 Å². The number of hydrogen-bond donors (Lipinski definition) is 1. The molecule has 206 valence electrons. The smallest absolute Gasteiger partial charge is 0.416 e. The highest BCUT2D eigenvalue weighted by atomic mass is 19.4. The fourth-order valence-corrected chi connectivity index (χ4v) is 5.29. The van der Waals surface area contributed by atoms with Crippen LogP contribution in [0.25, 0.3) is 0 Å². The largest absolute Gasteiger partial charge is 0.497 e. The maximum Gasteiger partial charge on any atom is 0.416 e. The molecule has 11 heteroatoms. The second-order valence-corrected chi connectivity index (χ2v) is 9.71. The number of rotatable bonds is 7. The van der Waals surface area contributed by atoms with Gasteiger partial charge in [0.15, 0.2) is 0 Å². The van der Waals surface area contributed by atoms with E-state index in [2.05, 4.69) is 9.80 Å². The number of carbonyl (C=O) groups excluding carboxylic acids is 2. The summed E-state index contributed by atoms with van der Waals surface area (Å²) in [6, 6.07) is 10.5. The van der Waals surface area contributed by atoms with Gasteiger partial charge in [0, 0.05) is 45.3 Å². The lowest BCUT2D eigenvalue weighted by atomic mass is 9.71. The van der Waals surface area contributed by atoms with Crippen LogP contribution in [0.5, 0.6) is 11.5 Å². The van der Waals surface area contributed by atoms with Crippen molar-refractivity contribution in [1.82, 2.24) is 9.80 Å². The lowest BCUT2D eigenvalue weighted by Gasteiger charge is -2.41. The maximum atomic E-state index is 13.3. The number of piperidine rings is 1. The SMILES string of the molecule is COc1ccc(N2CCN(CC(=O)N3CCC(C(N)=O)(c4cccc(C(F)(F)F)c4)CC3)CC2)c(OC)c1. The Morgan fingerprint density at radius 1 is 0.947 bits per heavy atom. The number of ether oxygens (including phenoxy) is 2. The number of hydrogen-bond acceptors (Lipinski definition) is 6. The van der Waals surface area contributed by atoms with Crippen LogP contribution >= 0.6 is 0 Å². The van der Waals surface area contributed by atoms with E-state index in [1.165, 1.54) is 12.1 Å². The lowest BCUT2D eigenvalue weighted by Crippen LogP contribution is -2.54. The third kappa shape index (κ3) is 5.67. The van der Waals surface area contributed by atoms with Crippen molar-refractivity contribution in [2.75, 3.05) is 64.9 Å². The molecule has 38 heavy (non-hydrogen) atoms. The Kier molecular flexibility index (Phi) is 8.05. The number of alkyl halides is 3. The number of primary amides is 1. The molecule has 2 fully saturated rings. The first-order valence-corrected chi connectivity index (χ1v) is 12.5. The van der Waals surface area contributed by atoms with E-state index in [1.54, 1.807) is 19.1 Å². The Labute approximate surface area is 220 Å². The zero-order valence-corrected chi connectivity index (χ0v) is 21.6. The van der Waals surface area contributed by atoms with E-state index in [-0.39, 0.29) is 43.9 Å². The summed E-state index contributed by atoms with van der Waals surface area (Å²) in [7, 11) is 3.22. The first-order valence-electron chi connectivity index (χ1n) is 12.5. The number of halogens is 3. The van der Waals surface area contributed by atoms with Crippen molar-refractivity contribution in [2.45, 2.75) is 24.4 Å². The first-order chi connectivity index (χ1) is 18.1. The summed E-state index contributed by atoms with van der Waals surface area (Å²) in [5.74, 6) is 0.697. The van der Waals surface area contributed by atoms with Gasteiger partial charge in [-0.05, 0) is 36.6 Å². The Hall–Kier alpha value is -3.47. The zero-order valence-electron chi connectivity index (χ0n) is 21.6. The van der Waals surface area contributed by atoms with Gasteiger partial charge in [-0.2, -0.15) is 13.2 Å². The predicted molar refractivity (Wildman–Crippen MR) is 136 cm³/mol. The molecule has 0 spiro atoms. The fourth-order valence-electron chi connectivity index (χ4n) is 5.29. The maximum absolute atomic E-state index is 13.3. The molecule has 0 bridgehead atoms. The zero-order chi connectivity index (χ0) is 27.5. The Morgan fingerprint density at radius 2 is 1.63 bits per heavy atom. The molecule has 0 atom stereocenters. The van der Waals surface area contributed by atoms with Gasteiger partial charge in [0.1, 0.15) is 11.5 Å². The minimum atomic E-state index is -4.52. The number of amides is 2. The van der Waals surface area contributed by atoms with Crippen LogP contribution in [-0.4, -0.2) is 81.6 Å². The highest BCUT2D eigenvalue weighted by Gasteiger charge is 2.43. The van der Waals surface area contributed by atoms with Crippen LogP contribution in [0.15, 0.2) is 42.5 Å². The monoisotopic (exact) mass is 534 g/mol. The highest BCUT2D eigenvalue weighted by molar-refractivity contribution is 5.87. The molecule has 4 rings (SSSR count). The first kappa shape index (κ1) is 27.6. The van der Waals surface area contributed by atoms with E-state index in [4.69, 9.17) is 15.2 Å². The normalized spacial score (nSPS) is 18.2. The summed E-state index contributed by atoms with van der Waals surface area (Å²) in [5, 5.41) is 0. The van der Waals surface area contributed by atoms with Crippen molar-refractivity contribution in [3.63, 3.8) is 0 Å². The van der Waals surface area contributed by atoms with Gasteiger partial charge in [0.2, 0.25) is 11.8 Å². The van der Waals surface area contributed by atoms with Gasteiger partial charge in [-0.3, -0.25) is 14.5 Å². The summed E-state index contributed by atoms with van der Waals surface area (Å²) >= 11 is 0. The molecule has 0 unspecified atom stereocenters. The summed E-state index contributed by atoms with van der Waals surface area (Å²) < 4.78 is 50.5. The van der Waals surface area contributed by atoms with Crippen molar-refractivity contribution in [3.8, 4) is 11.5 Å². The summed E-state index contributed by atoms with van der Waals surface area (Å²) in [6.45, 7) is 3.55. The molecule has 0 radical (unpaired) electrons. The van der Waals surface area contributed by atoms with Crippen molar-refractivity contribution < 1.29 is 32.2 Å². The van der Waals surface area contributed by atoms with E-state index >= 15 is 0 Å². The fraction of sp³-hybridized carbons (Fsp3) is 0.481. The van der Waals surface area contributed by atoms with Gasteiger partial charge in [-0.15, -0.1) is 0 Å². The molecule has 2 aromatic carbocycles. The van der Waals surface area contributed by atoms with Crippen molar-refractivity contribution in [3.05, 3.63) is 53.6 Å². The number of likely N-dealkylation sites (tertiary alicyclic amines) is 1. The van der Waals surface area contributed by atoms with E-state index in [0.717, 1.165) is 36.7 Å². The van der Waals surface area contributed by atoms with Gasteiger partial charge in [-0.1, -0.05) is 18.2 Å². The van der Waals surface area contributed by atoms with Gasteiger partial charge in [-0.25, -0.2) is 0 Å². The van der Waals surface area contributed by atoms with Crippen molar-refractivity contribution >= 4 is 17.5 Å². The molecular formula is C27H33F3N4O4. The standard InChI is InChI=1S/C27H33F3N4O4/c1-37-21-6-7-22(23(17-21)38-2)33-14-12-32(13-15-33)18-24(35)34-10-8-26(9-11-34,25(31)36)19-4-3-5-20(16-19)27(28,29)30/h3-7,16-17H,8-15,18H2,1-2H3,(H2,31,36). The average Bonchev–Trinajstić information content (AvgIpc) is 2.92. The van der Waals surface area contributed by atoms with Crippen LogP contribution in [0.4, 0.5) is 18.9 Å². The van der Waals surface area contributed by atoms with Crippen LogP contribution in [0.2, 0.25) is 0 Å². The minimum absolute atomic E-state index is 0.0670. The summed E-state index contributed by atoms with van der Waals surface area (Å²) in [6.07, 6.45) is -4.16. The number of methoxy groups -OCH3 is 2. The minimum Gasteiger partial charge on any atom is -0.497 e. The van der Waals surface area contributed by atoms with Gasteiger partial charge < -0.3 is 25.0 Å². The Balaban J connectivity index is 1.34. The van der Waals surface area contributed by atoms with Crippen molar-refractivity contribution in [2.24, 2.45) is 5.73 Å². The number of benzene rings is 2. The average molecular weight is 535 g/mol. The number of nitrogens with zero attached hydrogens (tertiary/aromatic N) is 3. The predicted octanol–water partition coefficient (Wildman–Crippen LogP) is 2.89. The number of nitrogens with two attached hydrogens (primary N) is 1. The van der Waals surface area contributed by atoms with Gasteiger partial charge >= 0.3 is 6.18 Å². The lowest BCUT2D eigenvalue weighted by molar-refractivity contribution is -0.138. The molecule has 2 saturated heterocycles. The molecular weight excluding hydrogens is 501 g/mol. The Morgan fingerprint density at radius 3 is 2.21 bits per heavy atom. The Bertz CT molecular complexity index is 1160. The number of carbonyl (C=O) groups is 2. The third-order valence-electron chi connectivity index (χ3n) is 7.64. The molecule has 2 aromatic rings. The van der Waals surface area contributed by atoms with E-state index in [0.29, 0.717) is 18.8 Å². The molecule has 0 aromatic heterocycles. The summed E-state index contributed by atoms with van der Waals surface area (Å²) in [5.41, 5.74) is 4.87. The second kappa shape index (κ2) is 11.1. The van der Waals surface area contributed by atoms with E-state index in [1.807, 2.05) is 18.2 Å². The van der Waals surface area contributed by atoms with Crippen LogP contribution in [0, 0.1) is 0 Å². The molecule has 8 nitrogen and oxygen atoms in total. The molecule has 0 aliphatic carbocycles.